The zero-order chi connectivity index (χ0) is 17.6. The van der Waals surface area contributed by atoms with Crippen LogP contribution in [0.2, 0.25) is 0 Å². The van der Waals surface area contributed by atoms with Gasteiger partial charge in [0.25, 0.3) is 5.91 Å². The largest absolute Gasteiger partial charge is 0.358 e. The van der Waals surface area contributed by atoms with E-state index in [9.17, 15) is 4.79 Å². The molecule has 0 atom stereocenters. The van der Waals surface area contributed by atoms with Crippen LogP contribution < -0.4 is 0 Å². The Balaban J connectivity index is 1.70. The molecule has 25 heavy (non-hydrogen) atoms. The molecular formula is C22H24N2O. The van der Waals surface area contributed by atoms with E-state index in [1.807, 2.05) is 36.1 Å². The minimum Gasteiger partial charge on any atom is -0.358 e. The van der Waals surface area contributed by atoms with E-state index in [1.165, 1.54) is 27.7 Å². The molecule has 0 fully saturated rings. The summed E-state index contributed by atoms with van der Waals surface area (Å²) in [5, 5.41) is 1.27. The SMILES string of the molecule is Cc1ccccc1C(=O)N1CCc2[nH]c3ccc(C(C)C)cc3c2C1. The Kier molecular flexibility index (Phi) is 3.87. The number of H-pyrrole nitrogens is 1. The van der Waals surface area contributed by atoms with E-state index in [2.05, 4.69) is 37.0 Å². The topological polar surface area (TPSA) is 36.1 Å². The predicted molar refractivity (Wildman–Crippen MR) is 102 cm³/mol. The van der Waals surface area contributed by atoms with Crippen molar-refractivity contribution in [3.63, 3.8) is 0 Å². The van der Waals surface area contributed by atoms with E-state index in [1.54, 1.807) is 0 Å². The van der Waals surface area contributed by atoms with Gasteiger partial charge >= 0.3 is 0 Å². The number of hydrogen-bond donors (Lipinski definition) is 1. The van der Waals surface area contributed by atoms with Crippen LogP contribution in [0.5, 0.6) is 0 Å². The van der Waals surface area contributed by atoms with Crippen LogP contribution >= 0.6 is 0 Å². The van der Waals surface area contributed by atoms with Crippen molar-refractivity contribution in [3.05, 3.63) is 70.4 Å². The Hall–Kier alpha value is -2.55. The summed E-state index contributed by atoms with van der Waals surface area (Å²) in [4.78, 5) is 18.5. The number of rotatable bonds is 2. The molecule has 1 amide bonds. The third-order valence-electron chi connectivity index (χ3n) is 5.33. The molecule has 1 N–H and O–H groups in total. The molecule has 2 heterocycles. The second kappa shape index (κ2) is 6.07. The number of amides is 1. The Bertz CT molecular complexity index is 952. The lowest BCUT2D eigenvalue weighted by Gasteiger charge is -2.28. The van der Waals surface area contributed by atoms with Crippen LogP contribution in [0, 0.1) is 6.92 Å². The molecule has 3 heteroatoms. The highest BCUT2D eigenvalue weighted by molar-refractivity contribution is 5.96. The first-order valence-corrected chi connectivity index (χ1v) is 9.03. The minimum absolute atomic E-state index is 0.137. The number of carbonyl (C=O) groups is 1. The Morgan fingerprint density at radius 3 is 2.72 bits per heavy atom. The van der Waals surface area contributed by atoms with Crippen LogP contribution in [0.1, 0.15) is 52.5 Å². The molecule has 0 bridgehead atoms. The third-order valence-corrected chi connectivity index (χ3v) is 5.33. The van der Waals surface area contributed by atoms with Gasteiger partial charge in [0.15, 0.2) is 0 Å². The molecule has 2 aromatic carbocycles. The molecular weight excluding hydrogens is 308 g/mol. The van der Waals surface area contributed by atoms with Gasteiger partial charge in [-0.2, -0.15) is 0 Å². The maximum Gasteiger partial charge on any atom is 0.254 e. The second-order valence-corrected chi connectivity index (χ2v) is 7.33. The zero-order valence-electron chi connectivity index (χ0n) is 15.1. The maximum absolute atomic E-state index is 13.0. The van der Waals surface area contributed by atoms with Crippen molar-refractivity contribution in [2.45, 2.75) is 39.7 Å². The number of nitrogens with one attached hydrogen (secondary N) is 1. The first-order valence-electron chi connectivity index (χ1n) is 9.03. The van der Waals surface area contributed by atoms with Crippen molar-refractivity contribution < 1.29 is 4.79 Å². The summed E-state index contributed by atoms with van der Waals surface area (Å²) >= 11 is 0. The first kappa shape index (κ1) is 15.9. The van der Waals surface area contributed by atoms with Gasteiger partial charge in [-0.05, 0) is 42.2 Å². The van der Waals surface area contributed by atoms with Gasteiger partial charge in [0, 0.05) is 47.2 Å². The number of aromatic amines is 1. The van der Waals surface area contributed by atoms with Crippen LogP contribution in [-0.2, 0) is 13.0 Å². The fourth-order valence-electron chi connectivity index (χ4n) is 3.75. The fourth-order valence-corrected chi connectivity index (χ4v) is 3.75. The van der Waals surface area contributed by atoms with Gasteiger partial charge < -0.3 is 9.88 Å². The molecule has 3 aromatic rings. The molecule has 0 spiro atoms. The van der Waals surface area contributed by atoms with E-state index in [4.69, 9.17) is 0 Å². The van der Waals surface area contributed by atoms with E-state index in [0.717, 1.165) is 24.1 Å². The lowest BCUT2D eigenvalue weighted by Crippen LogP contribution is -2.36. The van der Waals surface area contributed by atoms with Crippen LogP contribution in [0.4, 0.5) is 0 Å². The predicted octanol–water partition coefficient (Wildman–Crippen LogP) is 4.80. The van der Waals surface area contributed by atoms with Crippen molar-refractivity contribution in [2.24, 2.45) is 0 Å². The van der Waals surface area contributed by atoms with E-state index in [-0.39, 0.29) is 5.91 Å². The van der Waals surface area contributed by atoms with Gasteiger partial charge in [-0.15, -0.1) is 0 Å². The smallest absolute Gasteiger partial charge is 0.254 e. The molecule has 1 aliphatic heterocycles. The minimum atomic E-state index is 0.137. The third kappa shape index (κ3) is 2.74. The summed E-state index contributed by atoms with van der Waals surface area (Å²) in [6, 6.07) is 14.5. The number of nitrogens with zero attached hydrogens (tertiary/aromatic N) is 1. The number of aryl methyl sites for hydroxylation is 1. The summed E-state index contributed by atoms with van der Waals surface area (Å²) < 4.78 is 0. The summed E-state index contributed by atoms with van der Waals surface area (Å²) in [5.74, 6) is 0.640. The number of aromatic nitrogens is 1. The highest BCUT2D eigenvalue weighted by Gasteiger charge is 2.25. The summed E-state index contributed by atoms with van der Waals surface area (Å²) in [6.45, 7) is 7.89. The number of hydrogen-bond acceptors (Lipinski definition) is 1. The fraction of sp³-hybridized carbons (Fsp3) is 0.318. The average molecular weight is 332 g/mol. The Morgan fingerprint density at radius 2 is 1.96 bits per heavy atom. The maximum atomic E-state index is 13.0. The normalized spacial score (nSPS) is 14.2. The van der Waals surface area contributed by atoms with Crippen molar-refractivity contribution in [2.75, 3.05) is 6.54 Å². The summed E-state index contributed by atoms with van der Waals surface area (Å²) in [6.07, 6.45) is 0.888. The molecule has 0 aliphatic carbocycles. The lowest BCUT2D eigenvalue weighted by molar-refractivity contribution is 0.0734. The first-order chi connectivity index (χ1) is 12.0. The van der Waals surface area contributed by atoms with Crippen molar-refractivity contribution in [1.82, 2.24) is 9.88 Å². The molecule has 3 nitrogen and oxygen atoms in total. The molecule has 0 radical (unpaired) electrons. The number of carbonyl (C=O) groups excluding carboxylic acids is 1. The van der Waals surface area contributed by atoms with Gasteiger partial charge in [-0.3, -0.25) is 4.79 Å². The second-order valence-electron chi connectivity index (χ2n) is 7.33. The van der Waals surface area contributed by atoms with Gasteiger partial charge in [0.2, 0.25) is 0 Å². The standard InChI is InChI=1S/C22H24N2O/c1-14(2)16-8-9-20-18(12-16)19-13-24(11-10-21(19)23-20)22(25)17-7-5-4-6-15(17)3/h4-9,12,14,23H,10-11,13H2,1-3H3. The van der Waals surface area contributed by atoms with Crippen molar-refractivity contribution in [1.29, 1.82) is 0 Å². The zero-order valence-corrected chi connectivity index (χ0v) is 15.1. The van der Waals surface area contributed by atoms with Gasteiger partial charge in [0.1, 0.15) is 0 Å². The quantitative estimate of drug-likeness (QED) is 0.719. The van der Waals surface area contributed by atoms with Gasteiger partial charge in [-0.1, -0.05) is 38.1 Å². The van der Waals surface area contributed by atoms with Crippen LogP contribution in [-0.4, -0.2) is 22.3 Å². The number of benzene rings is 2. The summed E-state index contributed by atoms with van der Waals surface area (Å²) in [7, 11) is 0. The van der Waals surface area contributed by atoms with Gasteiger partial charge in [-0.25, -0.2) is 0 Å². The highest BCUT2D eigenvalue weighted by Crippen LogP contribution is 2.31. The van der Waals surface area contributed by atoms with Gasteiger partial charge in [0.05, 0.1) is 0 Å². The molecule has 1 aromatic heterocycles. The van der Waals surface area contributed by atoms with E-state index in [0.29, 0.717) is 12.5 Å². The number of fused-ring (bicyclic) bond motifs is 3. The lowest BCUT2D eigenvalue weighted by atomic mass is 9.98. The Labute approximate surface area is 148 Å². The summed E-state index contributed by atoms with van der Waals surface area (Å²) in [5.41, 5.74) is 6.94. The van der Waals surface area contributed by atoms with Crippen LogP contribution in [0.25, 0.3) is 10.9 Å². The molecule has 0 saturated heterocycles. The molecule has 128 valence electrons. The van der Waals surface area contributed by atoms with E-state index >= 15 is 0 Å². The van der Waals surface area contributed by atoms with Crippen LogP contribution in [0.15, 0.2) is 42.5 Å². The highest BCUT2D eigenvalue weighted by atomic mass is 16.2. The van der Waals surface area contributed by atoms with Crippen LogP contribution in [0.3, 0.4) is 0 Å². The van der Waals surface area contributed by atoms with Crippen molar-refractivity contribution >= 4 is 16.8 Å². The average Bonchev–Trinajstić information content (AvgIpc) is 2.98. The molecule has 4 rings (SSSR count). The van der Waals surface area contributed by atoms with Crippen molar-refractivity contribution in [3.8, 4) is 0 Å². The molecule has 0 saturated carbocycles. The monoisotopic (exact) mass is 332 g/mol. The molecule has 1 aliphatic rings. The molecule has 0 unspecified atom stereocenters. The van der Waals surface area contributed by atoms with E-state index < -0.39 is 0 Å². The Morgan fingerprint density at radius 1 is 1.16 bits per heavy atom.